The number of hydrogen-bond acceptors (Lipinski definition) is 4. The maximum absolute atomic E-state index is 11.8. The Kier molecular flexibility index (Phi) is 4.82. The summed E-state index contributed by atoms with van der Waals surface area (Å²) >= 11 is 0. The number of nitrogens with one attached hydrogen (secondary N) is 3. The molecule has 0 aliphatic carbocycles. The summed E-state index contributed by atoms with van der Waals surface area (Å²) in [6, 6.07) is 5.62. The highest BCUT2D eigenvalue weighted by Gasteiger charge is 2.14. The minimum absolute atomic E-state index is 0.0801. The van der Waals surface area contributed by atoms with E-state index in [0.717, 1.165) is 22.9 Å². The van der Waals surface area contributed by atoms with Gasteiger partial charge in [0, 0.05) is 13.0 Å². The molecule has 0 aliphatic heterocycles. The largest absolute Gasteiger partial charge is 0.346 e. The van der Waals surface area contributed by atoms with E-state index in [9.17, 15) is 13.2 Å². The Balaban J connectivity index is 1.95. The number of H-pyrrole nitrogens is 1. The number of rotatable bonds is 6. The molecule has 0 fully saturated rings. The minimum atomic E-state index is -3.27. The standard InChI is InChI=1S/C14H20N4O3S/c1-9-4-5-11-12(8-9)18-14(17-11)10(2)16-13(19)6-7-15-22(3,20)21/h4-5,8,10,15H,6-7H2,1-3H3,(H,16,19)(H,17,18)/t10-/m1/s1. The van der Waals surface area contributed by atoms with Crippen molar-refractivity contribution >= 4 is 27.0 Å². The number of imidazole rings is 1. The molecule has 0 bridgehead atoms. The molecule has 1 aromatic carbocycles. The van der Waals surface area contributed by atoms with Crippen LogP contribution in [0.5, 0.6) is 0 Å². The average Bonchev–Trinajstić information content (AvgIpc) is 2.80. The summed E-state index contributed by atoms with van der Waals surface area (Å²) in [7, 11) is -3.27. The molecule has 0 unspecified atom stereocenters. The molecule has 1 amide bonds. The van der Waals surface area contributed by atoms with Crippen LogP contribution >= 0.6 is 0 Å². The Morgan fingerprint density at radius 2 is 2.14 bits per heavy atom. The van der Waals surface area contributed by atoms with Gasteiger partial charge >= 0.3 is 0 Å². The van der Waals surface area contributed by atoms with E-state index in [4.69, 9.17) is 0 Å². The van der Waals surface area contributed by atoms with Crippen LogP contribution in [-0.2, 0) is 14.8 Å². The lowest BCUT2D eigenvalue weighted by atomic mass is 10.2. The van der Waals surface area contributed by atoms with Crippen molar-refractivity contribution < 1.29 is 13.2 Å². The highest BCUT2D eigenvalue weighted by Crippen LogP contribution is 2.17. The Bertz CT molecular complexity index is 782. The van der Waals surface area contributed by atoms with Crippen LogP contribution < -0.4 is 10.0 Å². The molecule has 0 spiro atoms. The van der Waals surface area contributed by atoms with Crippen molar-refractivity contribution in [2.24, 2.45) is 0 Å². The molecule has 1 heterocycles. The molecule has 22 heavy (non-hydrogen) atoms. The van der Waals surface area contributed by atoms with Crippen LogP contribution in [0.25, 0.3) is 11.0 Å². The molecule has 1 aromatic heterocycles. The van der Waals surface area contributed by atoms with Gasteiger partial charge in [-0.2, -0.15) is 0 Å². The van der Waals surface area contributed by atoms with Gasteiger partial charge in [-0.15, -0.1) is 0 Å². The normalized spacial score (nSPS) is 13.2. The summed E-state index contributed by atoms with van der Waals surface area (Å²) in [5.41, 5.74) is 2.90. The lowest BCUT2D eigenvalue weighted by Crippen LogP contribution is -2.31. The highest BCUT2D eigenvalue weighted by atomic mass is 32.2. The van der Waals surface area contributed by atoms with Gasteiger partial charge in [-0.25, -0.2) is 18.1 Å². The van der Waals surface area contributed by atoms with Gasteiger partial charge in [0.1, 0.15) is 5.82 Å². The van der Waals surface area contributed by atoms with E-state index in [2.05, 4.69) is 20.0 Å². The number of carbonyl (C=O) groups is 1. The number of aromatic amines is 1. The van der Waals surface area contributed by atoms with Crippen molar-refractivity contribution in [3.8, 4) is 0 Å². The molecule has 3 N–H and O–H groups in total. The molecule has 0 saturated heterocycles. The van der Waals surface area contributed by atoms with Crippen molar-refractivity contribution in [2.75, 3.05) is 12.8 Å². The number of hydrogen-bond donors (Lipinski definition) is 3. The number of amides is 1. The first-order chi connectivity index (χ1) is 10.2. The predicted octanol–water partition coefficient (Wildman–Crippen LogP) is 0.988. The topological polar surface area (TPSA) is 104 Å². The van der Waals surface area contributed by atoms with E-state index >= 15 is 0 Å². The van der Waals surface area contributed by atoms with Crippen LogP contribution in [0.1, 0.15) is 30.8 Å². The van der Waals surface area contributed by atoms with Crippen LogP contribution in [0.15, 0.2) is 18.2 Å². The molecule has 8 heteroatoms. The first-order valence-corrected chi connectivity index (χ1v) is 8.84. The molecular weight excluding hydrogens is 304 g/mol. The van der Waals surface area contributed by atoms with Crippen molar-refractivity contribution in [1.29, 1.82) is 0 Å². The third-order valence-electron chi connectivity index (χ3n) is 3.16. The number of sulfonamides is 1. The molecule has 2 aromatic rings. The first-order valence-electron chi connectivity index (χ1n) is 6.95. The van der Waals surface area contributed by atoms with Crippen LogP contribution in [0.3, 0.4) is 0 Å². The van der Waals surface area contributed by atoms with Crippen molar-refractivity contribution in [1.82, 2.24) is 20.0 Å². The molecule has 0 aliphatic rings. The minimum Gasteiger partial charge on any atom is -0.346 e. The number of benzene rings is 1. The average molecular weight is 324 g/mol. The van der Waals surface area contributed by atoms with Crippen LogP contribution in [-0.4, -0.2) is 37.1 Å². The second kappa shape index (κ2) is 6.45. The predicted molar refractivity (Wildman–Crippen MR) is 84.9 cm³/mol. The maximum Gasteiger partial charge on any atom is 0.221 e. The first kappa shape index (κ1) is 16.4. The fourth-order valence-corrected chi connectivity index (χ4v) is 2.55. The van der Waals surface area contributed by atoms with Gasteiger partial charge in [0.05, 0.1) is 23.3 Å². The third-order valence-corrected chi connectivity index (χ3v) is 3.89. The second-order valence-corrected chi connectivity index (χ2v) is 7.18. The Morgan fingerprint density at radius 3 is 2.82 bits per heavy atom. The Labute approximate surface area is 129 Å². The number of fused-ring (bicyclic) bond motifs is 1. The van der Waals surface area contributed by atoms with Crippen molar-refractivity contribution in [3.63, 3.8) is 0 Å². The van der Waals surface area contributed by atoms with Gasteiger partial charge in [-0.1, -0.05) is 6.07 Å². The number of carbonyl (C=O) groups excluding carboxylic acids is 1. The van der Waals surface area contributed by atoms with Crippen LogP contribution in [0, 0.1) is 6.92 Å². The SMILES string of the molecule is Cc1ccc2nc([C@@H](C)NC(=O)CCNS(C)(=O)=O)[nH]c2c1. The monoisotopic (exact) mass is 324 g/mol. The van der Waals surface area contributed by atoms with Gasteiger partial charge in [0.15, 0.2) is 0 Å². The summed E-state index contributed by atoms with van der Waals surface area (Å²) in [5, 5.41) is 2.79. The molecule has 7 nitrogen and oxygen atoms in total. The second-order valence-electron chi connectivity index (χ2n) is 5.35. The number of aryl methyl sites for hydroxylation is 1. The maximum atomic E-state index is 11.8. The molecule has 0 radical (unpaired) electrons. The molecule has 1 atom stereocenters. The van der Waals surface area contributed by atoms with E-state index in [1.165, 1.54) is 0 Å². The van der Waals surface area contributed by atoms with Crippen LogP contribution in [0.4, 0.5) is 0 Å². The summed E-state index contributed by atoms with van der Waals surface area (Å²) in [4.78, 5) is 19.4. The quantitative estimate of drug-likeness (QED) is 0.737. The fourth-order valence-electron chi connectivity index (χ4n) is 2.08. The summed E-state index contributed by atoms with van der Waals surface area (Å²) in [5.74, 6) is 0.435. The van der Waals surface area contributed by atoms with E-state index in [1.54, 1.807) is 0 Å². The van der Waals surface area contributed by atoms with Crippen molar-refractivity contribution in [3.05, 3.63) is 29.6 Å². The zero-order chi connectivity index (χ0) is 16.3. The van der Waals surface area contributed by atoms with Crippen LogP contribution in [0.2, 0.25) is 0 Å². The lowest BCUT2D eigenvalue weighted by molar-refractivity contribution is -0.121. The zero-order valence-corrected chi connectivity index (χ0v) is 13.6. The van der Waals surface area contributed by atoms with Crippen molar-refractivity contribution in [2.45, 2.75) is 26.3 Å². The van der Waals surface area contributed by atoms with E-state index < -0.39 is 10.0 Å². The fraction of sp³-hybridized carbons (Fsp3) is 0.429. The third kappa shape index (κ3) is 4.54. The summed E-state index contributed by atoms with van der Waals surface area (Å²) in [6.45, 7) is 3.91. The highest BCUT2D eigenvalue weighted by molar-refractivity contribution is 7.88. The summed E-state index contributed by atoms with van der Waals surface area (Å²) < 4.78 is 24.1. The molecular formula is C14H20N4O3S. The van der Waals surface area contributed by atoms with E-state index in [0.29, 0.717) is 5.82 Å². The van der Waals surface area contributed by atoms with Gasteiger partial charge in [-0.3, -0.25) is 4.79 Å². The zero-order valence-electron chi connectivity index (χ0n) is 12.8. The molecule has 2 rings (SSSR count). The lowest BCUT2D eigenvalue weighted by Gasteiger charge is -2.11. The number of nitrogens with zero attached hydrogens (tertiary/aromatic N) is 1. The Hall–Kier alpha value is -1.93. The smallest absolute Gasteiger partial charge is 0.221 e. The van der Waals surface area contributed by atoms with Gasteiger partial charge < -0.3 is 10.3 Å². The molecule has 0 saturated carbocycles. The Morgan fingerprint density at radius 1 is 1.41 bits per heavy atom. The molecule has 120 valence electrons. The van der Waals surface area contributed by atoms with Gasteiger partial charge in [0.2, 0.25) is 15.9 Å². The van der Waals surface area contributed by atoms with Gasteiger partial charge in [-0.05, 0) is 31.5 Å². The van der Waals surface area contributed by atoms with E-state index in [-0.39, 0.29) is 24.9 Å². The summed E-state index contributed by atoms with van der Waals surface area (Å²) in [6.07, 6.45) is 1.14. The number of aromatic nitrogens is 2. The van der Waals surface area contributed by atoms with E-state index in [1.807, 2.05) is 32.0 Å². The van der Waals surface area contributed by atoms with Gasteiger partial charge in [0.25, 0.3) is 0 Å².